The van der Waals surface area contributed by atoms with E-state index in [2.05, 4.69) is 21.0 Å². The van der Waals surface area contributed by atoms with Gasteiger partial charge in [0, 0.05) is 10.0 Å². The van der Waals surface area contributed by atoms with Crippen LogP contribution in [-0.4, -0.2) is 22.7 Å². The minimum absolute atomic E-state index is 0.00967. The molecule has 0 spiro atoms. The van der Waals surface area contributed by atoms with Crippen molar-refractivity contribution in [3.8, 4) is 11.3 Å². The Hall–Kier alpha value is -3.16. The summed E-state index contributed by atoms with van der Waals surface area (Å²) in [6, 6.07) is 15.3. The Morgan fingerprint density at radius 1 is 1.17 bits per heavy atom. The zero-order valence-electron chi connectivity index (χ0n) is 15.6. The number of halogens is 2. The molecule has 2 aromatic carbocycles. The van der Waals surface area contributed by atoms with Crippen molar-refractivity contribution in [1.29, 1.82) is 0 Å². The van der Waals surface area contributed by atoms with Crippen LogP contribution in [-0.2, 0) is 4.79 Å². The Morgan fingerprint density at radius 2 is 1.90 bits per heavy atom. The van der Waals surface area contributed by atoms with Crippen LogP contribution in [0.1, 0.15) is 23.0 Å². The molecule has 0 saturated carbocycles. The summed E-state index contributed by atoms with van der Waals surface area (Å²) in [7, 11) is 0. The molecule has 0 atom stereocenters. The number of carbonyl (C=O) groups excluding carboxylic acids is 1. The van der Waals surface area contributed by atoms with Crippen molar-refractivity contribution in [2.75, 3.05) is 5.01 Å². The van der Waals surface area contributed by atoms with Crippen molar-refractivity contribution < 1.29 is 19.1 Å². The highest BCUT2D eigenvalue weighted by molar-refractivity contribution is 9.10. The second-order valence-electron chi connectivity index (χ2n) is 6.54. The number of rotatable bonds is 4. The Bertz CT molecular complexity index is 1230. The maximum Gasteiger partial charge on any atom is 0.337 e. The van der Waals surface area contributed by atoms with E-state index < -0.39 is 5.97 Å². The number of carbonyl (C=O) groups is 2. The highest BCUT2D eigenvalue weighted by Crippen LogP contribution is 2.30. The lowest BCUT2D eigenvalue weighted by molar-refractivity contribution is -0.114. The van der Waals surface area contributed by atoms with Gasteiger partial charge in [0.15, 0.2) is 0 Å². The first kappa shape index (κ1) is 20.1. The number of carboxylic acids is 1. The molecular weight excluding hydrogens is 472 g/mol. The second kappa shape index (κ2) is 7.93. The number of carboxylic acid groups (broad SMARTS) is 1. The molecule has 1 aliphatic rings. The van der Waals surface area contributed by atoms with Gasteiger partial charge < -0.3 is 9.52 Å². The monoisotopic (exact) mass is 484 g/mol. The van der Waals surface area contributed by atoms with Crippen LogP contribution in [0.25, 0.3) is 17.4 Å². The quantitative estimate of drug-likeness (QED) is 0.469. The van der Waals surface area contributed by atoms with Crippen LogP contribution < -0.4 is 5.01 Å². The third-order valence-electron chi connectivity index (χ3n) is 4.53. The smallest absolute Gasteiger partial charge is 0.337 e. The molecule has 0 fully saturated rings. The number of hydrogen-bond donors (Lipinski definition) is 1. The first-order valence-electron chi connectivity index (χ1n) is 8.84. The maximum atomic E-state index is 12.8. The van der Waals surface area contributed by atoms with Crippen molar-refractivity contribution in [3.63, 3.8) is 0 Å². The minimum atomic E-state index is -1.12. The Labute approximate surface area is 185 Å². The normalized spacial score (nSPS) is 15.0. The van der Waals surface area contributed by atoms with E-state index >= 15 is 0 Å². The SMILES string of the molecule is CC1=NN(c2ccc(Br)cc2)C(=O)C1=Cc1ccc(-c2ccc(Cl)c(C(=O)O)c2)o1. The summed E-state index contributed by atoms with van der Waals surface area (Å²) in [4.78, 5) is 24.1. The van der Waals surface area contributed by atoms with E-state index in [0.717, 1.165) is 4.47 Å². The molecule has 0 radical (unpaired) electrons. The van der Waals surface area contributed by atoms with Crippen LogP contribution >= 0.6 is 27.5 Å². The molecule has 8 heteroatoms. The van der Waals surface area contributed by atoms with Crippen LogP contribution in [0, 0.1) is 0 Å². The van der Waals surface area contributed by atoms with Gasteiger partial charge in [-0.15, -0.1) is 0 Å². The average Bonchev–Trinajstić information content (AvgIpc) is 3.29. The summed E-state index contributed by atoms with van der Waals surface area (Å²) in [6.45, 7) is 1.75. The number of anilines is 1. The van der Waals surface area contributed by atoms with Gasteiger partial charge in [-0.2, -0.15) is 10.1 Å². The predicted octanol–water partition coefficient (Wildman–Crippen LogP) is 5.87. The number of amides is 1. The lowest BCUT2D eigenvalue weighted by Gasteiger charge is -2.11. The van der Waals surface area contributed by atoms with Crippen LogP contribution in [0.3, 0.4) is 0 Å². The zero-order valence-corrected chi connectivity index (χ0v) is 17.9. The van der Waals surface area contributed by atoms with Crippen LogP contribution in [0.5, 0.6) is 0 Å². The van der Waals surface area contributed by atoms with Crippen molar-refractivity contribution in [3.05, 3.63) is 81.0 Å². The number of benzene rings is 2. The van der Waals surface area contributed by atoms with E-state index in [4.69, 9.17) is 16.0 Å². The lowest BCUT2D eigenvalue weighted by Crippen LogP contribution is -2.21. The van der Waals surface area contributed by atoms with Crippen molar-refractivity contribution in [2.24, 2.45) is 5.10 Å². The van der Waals surface area contributed by atoms with Gasteiger partial charge in [0.25, 0.3) is 5.91 Å². The van der Waals surface area contributed by atoms with E-state index in [9.17, 15) is 14.7 Å². The van der Waals surface area contributed by atoms with E-state index in [1.165, 1.54) is 17.1 Å². The molecule has 0 unspecified atom stereocenters. The van der Waals surface area contributed by atoms with E-state index in [1.54, 1.807) is 43.3 Å². The summed E-state index contributed by atoms with van der Waals surface area (Å²) < 4.78 is 6.72. The van der Waals surface area contributed by atoms with Crippen molar-refractivity contribution >= 4 is 56.9 Å². The summed E-state index contributed by atoms with van der Waals surface area (Å²) >= 11 is 9.30. The van der Waals surface area contributed by atoms with Gasteiger partial charge >= 0.3 is 5.97 Å². The first-order chi connectivity index (χ1) is 14.3. The Kier molecular flexibility index (Phi) is 5.32. The molecule has 0 aliphatic carbocycles. The zero-order chi connectivity index (χ0) is 21.4. The number of hydrogen-bond acceptors (Lipinski definition) is 4. The van der Waals surface area contributed by atoms with Gasteiger partial charge in [-0.3, -0.25) is 4.79 Å². The number of hydrazone groups is 1. The summed E-state index contributed by atoms with van der Waals surface area (Å²) in [6.07, 6.45) is 1.62. The third-order valence-corrected chi connectivity index (χ3v) is 5.39. The molecule has 4 rings (SSSR count). The molecule has 1 amide bonds. The largest absolute Gasteiger partial charge is 0.478 e. The van der Waals surface area contributed by atoms with E-state index in [1.807, 2.05) is 12.1 Å². The number of aromatic carboxylic acids is 1. The second-order valence-corrected chi connectivity index (χ2v) is 7.86. The van der Waals surface area contributed by atoms with Crippen molar-refractivity contribution in [1.82, 2.24) is 0 Å². The average molecular weight is 486 g/mol. The van der Waals surface area contributed by atoms with Gasteiger partial charge in [0.05, 0.1) is 27.6 Å². The van der Waals surface area contributed by atoms with Crippen LogP contribution in [0.4, 0.5) is 5.69 Å². The van der Waals surface area contributed by atoms with E-state index in [-0.39, 0.29) is 16.5 Å². The van der Waals surface area contributed by atoms with Crippen LogP contribution in [0.15, 0.2) is 74.2 Å². The molecule has 0 saturated heterocycles. The van der Waals surface area contributed by atoms with Gasteiger partial charge in [0.2, 0.25) is 0 Å². The topological polar surface area (TPSA) is 83.1 Å². The summed E-state index contributed by atoms with van der Waals surface area (Å²) in [5, 5.41) is 15.1. The number of nitrogens with zero attached hydrogens (tertiary/aromatic N) is 2. The Morgan fingerprint density at radius 3 is 2.60 bits per heavy atom. The Balaban J connectivity index is 1.62. The maximum absolute atomic E-state index is 12.8. The fraction of sp³-hybridized carbons (Fsp3) is 0.0455. The third kappa shape index (κ3) is 3.81. The molecule has 6 nitrogen and oxygen atoms in total. The molecule has 1 N–H and O–H groups in total. The fourth-order valence-corrected chi connectivity index (χ4v) is 3.47. The molecule has 150 valence electrons. The first-order valence-corrected chi connectivity index (χ1v) is 10.0. The summed E-state index contributed by atoms with van der Waals surface area (Å²) in [5.41, 5.74) is 2.21. The highest BCUT2D eigenvalue weighted by Gasteiger charge is 2.29. The number of furan rings is 1. The van der Waals surface area contributed by atoms with Crippen molar-refractivity contribution in [2.45, 2.75) is 6.92 Å². The molecule has 1 aliphatic heterocycles. The van der Waals surface area contributed by atoms with Gasteiger partial charge in [-0.05, 0) is 67.6 Å². The summed E-state index contributed by atoms with van der Waals surface area (Å²) in [5.74, 6) is -0.460. The molecule has 3 aromatic rings. The minimum Gasteiger partial charge on any atom is -0.478 e. The predicted molar refractivity (Wildman–Crippen MR) is 119 cm³/mol. The van der Waals surface area contributed by atoms with Gasteiger partial charge in [-0.1, -0.05) is 27.5 Å². The fourth-order valence-electron chi connectivity index (χ4n) is 3.01. The van der Waals surface area contributed by atoms with Crippen LogP contribution in [0.2, 0.25) is 5.02 Å². The lowest BCUT2D eigenvalue weighted by atomic mass is 10.1. The molecule has 2 heterocycles. The molecular formula is C22H14BrClN2O4. The standard InChI is InChI=1S/C22H14BrClN2O4/c1-12-17(21(27)26(25-12)15-5-3-14(23)4-6-15)11-16-7-9-20(30-16)13-2-8-19(24)18(10-13)22(28)29/h2-11H,1H3,(H,28,29). The molecule has 30 heavy (non-hydrogen) atoms. The van der Waals surface area contributed by atoms with Gasteiger partial charge in [0.1, 0.15) is 11.5 Å². The highest BCUT2D eigenvalue weighted by atomic mass is 79.9. The molecule has 1 aromatic heterocycles. The van der Waals surface area contributed by atoms with E-state index in [0.29, 0.717) is 34.1 Å². The molecule has 0 bridgehead atoms. The van der Waals surface area contributed by atoms with Gasteiger partial charge in [-0.25, -0.2) is 4.79 Å².